The molecule has 33 heavy (non-hydrogen) atoms. The van der Waals surface area contributed by atoms with Gasteiger partial charge in [-0.15, -0.1) is 4.91 Å². The molecular formula is C25H44N2O5S. The molecule has 1 N–H and O–H groups in total. The molecule has 0 aliphatic rings. The zero-order chi connectivity index (χ0) is 24.4. The molecule has 0 aromatic heterocycles. The third kappa shape index (κ3) is 12.5. The molecule has 1 atom stereocenters. The van der Waals surface area contributed by atoms with Crippen molar-refractivity contribution >= 4 is 10.0 Å². The Kier molecular flexibility index (Phi) is 16.0. The maximum atomic E-state index is 13.0. The summed E-state index contributed by atoms with van der Waals surface area (Å²) in [7, 11) is -2.32. The SMILES string of the molecule is CCCCCCCCCCCCCCCCN(CC(O)N=O)S(=O)(=O)c1ccc(OC)cc1. The number of aliphatic hydroxyl groups excluding tert-OH is 1. The fraction of sp³-hybridized carbons (Fsp3) is 0.760. The third-order valence-electron chi connectivity index (χ3n) is 5.95. The quantitative estimate of drug-likeness (QED) is 0.164. The first-order chi connectivity index (χ1) is 16.0. The number of aliphatic hydroxyl groups is 1. The van der Waals surface area contributed by atoms with Crippen LogP contribution in [0.3, 0.4) is 0 Å². The number of nitrogens with zero attached hydrogens (tertiary/aromatic N) is 2. The average molecular weight is 485 g/mol. The number of benzene rings is 1. The van der Waals surface area contributed by atoms with Gasteiger partial charge in [0.15, 0.2) is 0 Å². The molecule has 0 spiro atoms. The molecule has 190 valence electrons. The summed E-state index contributed by atoms with van der Waals surface area (Å²) in [6.07, 6.45) is 15.5. The summed E-state index contributed by atoms with van der Waals surface area (Å²) in [4.78, 5) is 10.8. The van der Waals surface area contributed by atoms with E-state index in [1.165, 1.54) is 83.5 Å². The third-order valence-corrected chi connectivity index (χ3v) is 7.83. The summed E-state index contributed by atoms with van der Waals surface area (Å²) in [6.45, 7) is 2.16. The van der Waals surface area contributed by atoms with Crippen molar-refractivity contribution in [3.63, 3.8) is 0 Å². The molecular weight excluding hydrogens is 440 g/mol. The van der Waals surface area contributed by atoms with E-state index in [9.17, 15) is 18.4 Å². The lowest BCUT2D eigenvalue weighted by molar-refractivity contribution is 0.152. The summed E-state index contributed by atoms with van der Waals surface area (Å²) in [5.74, 6) is 0.557. The highest BCUT2D eigenvalue weighted by atomic mass is 32.2. The minimum atomic E-state index is -3.83. The van der Waals surface area contributed by atoms with Crippen LogP contribution in [0.25, 0.3) is 0 Å². The fourth-order valence-electron chi connectivity index (χ4n) is 3.90. The van der Waals surface area contributed by atoms with Crippen molar-refractivity contribution in [3.05, 3.63) is 29.2 Å². The van der Waals surface area contributed by atoms with Gasteiger partial charge in [-0.2, -0.15) is 4.31 Å². The maximum Gasteiger partial charge on any atom is 0.243 e. The predicted molar refractivity (Wildman–Crippen MR) is 134 cm³/mol. The molecule has 0 saturated heterocycles. The first-order valence-electron chi connectivity index (χ1n) is 12.6. The number of hydrogen-bond acceptors (Lipinski definition) is 6. The molecule has 7 nitrogen and oxygen atoms in total. The second-order valence-corrected chi connectivity index (χ2v) is 10.7. The lowest BCUT2D eigenvalue weighted by atomic mass is 10.0. The molecule has 0 bridgehead atoms. The zero-order valence-corrected chi connectivity index (χ0v) is 21.4. The number of methoxy groups -OCH3 is 1. The smallest absolute Gasteiger partial charge is 0.243 e. The monoisotopic (exact) mass is 484 g/mol. The number of rotatable bonds is 21. The zero-order valence-electron chi connectivity index (χ0n) is 20.6. The van der Waals surface area contributed by atoms with E-state index in [1.807, 2.05) is 0 Å². The molecule has 0 amide bonds. The highest BCUT2D eigenvalue weighted by Gasteiger charge is 2.26. The molecule has 0 heterocycles. The molecule has 0 radical (unpaired) electrons. The standard InChI is InChI=1S/C25H44N2O5S/c1-3-4-5-6-7-8-9-10-11-12-13-14-15-16-21-27(22-25(28)26-29)33(30,31)24-19-17-23(32-2)18-20-24/h17-20,25,28H,3-16,21-22H2,1-2H3. The molecule has 1 aromatic rings. The van der Waals surface area contributed by atoms with Crippen LogP contribution in [0.4, 0.5) is 0 Å². The van der Waals surface area contributed by atoms with Crippen LogP contribution in [0.5, 0.6) is 5.75 Å². The van der Waals surface area contributed by atoms with Gasteiger partial charge in [0.25, 0.3) is 0 Å². The maximum absolute atomic E-state index is 13.0. The van der Waals surface area contributed by atoms with Gasteiger partial charge in [-0.3, -0.25) is 0 Å². The normalized spacial score (nSPS) is 12.7. The molecule has 1 unspecified atom stereocenters. The first-order valence-corrected chi connectivity index (χ1v) is 14.0. The largest absolute Gasteiger partial charge is 0.497 e. The molecule has 8 heteroatoms. The van der Waals surface area contributed by atoms with Gasteiger partial charge in [-0.1, -0.05) is 90.4 Å². The number of ether oxygens (including phenoxy) is 1. The Hall–Kier alpha value is -1.51. The lowest BCUT2D eigenvalue weighted by Crippen LogP contribution is -2.37. The summed E-state index contributed by atoms with van der Waals surface area (Å²) >= 11 is 0. The molecule has 0 fully saturated rings. The molecule has 1 aromatic carbocycles. The Balaban J connectivity index is 2.30. The van der Waals surface area contributed by atoms with Crippen LogP contribution in [-0.4, -0.2) is 44.3 Å². The van der Waals surface area contributed by atoms with Crippen LogP contribution in [0.1, 0.15) is 96.8 Å². The van der Waals surface area contributed by atoms with Crippen molar-refractivity contribution in [1.29, 1.82) is 0 Å². The van der Waals surface area contributed by atoms with E-state index in [-0.39, 0.29) is 18.0 Å². The van der Waals surface area contributed by atoms with Crippen molar-refractivity contribution in [2.24, 2.45) is 5.18 Å². The van der Waals surface area contributed by atoms with Crippen LogP contribution >= 0.6 is 0 Å². The first kappa shape index (κ1) is 29.5. The van der Waals surface area contributed by atoms with Crippen LogP contribution < -0.4 is 4.74 Å². The molecule has 1 rings (SSSR count). The summed E-state index contributed by atoms with van der Waals surface area (Å²) < 4.78 is 32.2. The van der Waals surface area contributed by atoms with Gasteiger partial charge in [0.05, 0.1) is 18.6 Å². The van der Waals surface area contributed by atoms with Gasteiger partial charge in [0.1, 0.15) is 5.75 Å². The van der Waals surface area contributed by atoms with Gasteiger partial charge in [0, 0.05) is 6.54 Å². The van der Waals surface area contributed by atoms with E-state index in [0.29, 0.717) is 12.2 Å². The van der Waals surface area contributed by atoms with Crippen LogP contribution in [0.15, 0.2) is 34.3 Å². The van der Waals surface area contributed by atoms with Crippen molar-refractivity contribution in [1.82, 2.24) is 4.31 Å². The number of unbranched alkanes of at least 4 members (excludes halogenated alkanes) is 13. The minimum absolute atomic E-state index is 0.103. The van der Waals surface area contributed by atoms with E-state index < -0.39 is 16.3 Å². The molecule has 0 aliphatic heterocycles. The second kappa shape index (κ2) is 17.9. The highest BCUT2D eigenvalue weighted by molar-refractivity contribution is 7.89. The van der Waals surface area contributed by atoms with Crippen LogP contribution in [-0.2, 0) is 10.0 Å². The Bertz CT molecular complexity index is 725. The molecule has 0 aliphatic carbocycles. The van der Waals surface area contributed by atoms with Crippen LogP contribution in [0.2, 0.25) is 0 Å². The summed E-state index contributed by atoms with van der Waals surface area (Å²) in [6, 6.07) is 6.08. The van der Waals surface area contributed by atoms with E-state index >= 15 is 0 Å². The summed E-state index contributed by atoms with van der Waals surface area (Å²) in [5.41, 5.74) is 0. The van der Waals surface area contributed by atoms with Crippen molar-refractivity contribution in [3.8, 4) is 5.75 Å². The van der Waals surface area contributed by atoms with Gasteiger partial charge in [-0.05, 0) is 35.9 Å². The van der Waals surface area contributed by atoms with Crippen molar-refractivity contribution in [2.45, 2.75) is 108 Å². The van der Waals surface area contributed by atoms with Gasteiger partial charge < -0.3 is 9.84 Å². The number of nitroso groups, excluding NO2 is 1. The second-order valence-electron chi connectivity index (χ2n) is 8.72. The lowest BCUT2D eigenvalue weighted by Gasteiger charge is -2.22. The Labute approximate surface area is 200 Å². The topological polar surface area (TPSA) is 96.3 Å². The Morgan fingerprint density at radius 1 is 0.848 bits per heavy atom. The van der Waals surface area contributed by atoms with E-state index in [4.69, 9.17) is 4.74 Å². The highest BCUT2D eigenvalue weighted by Crippen LogP contribution is 2.21. The van der Waals surface area contributed by atoms with E-state index in [0.717, 1.165) is 23.6 Å². The summed E-state index contributed by atoms with van der Waals surface area (Å²) in [5, 5.41) is 12.2. The number of sulfonamides is 1. The Morgan fingerprint density at radius 2 is 1.30 bits per heavy atom. The van der Waals surface area contributed by atoms with Crippen LogP contribution in [0, 0.1) is 4.91 Å². The average Bonchev–Trinajstić information content (AvgIpc) is 2.83. The van der Waals surface area contributed by atoms with Crippen molar-refractivity contribution in [2.75, 3.05) is 20.2 Å². The predicted octanol–water partition coefficient (Wildman–Crippen LogP) is 6.25. The van der Waals surface area contributed by atoms with Gasteiger partial charge >= 0.3 is 0 Å². The van der Waals surface area contributed by atoms with Gasteiger partial charge in [-0.25, -0.2) is 8.42 Å². The molecule has 0 saturated carbocycles. The number of hydrogen-bond donors (Lipinski definition) is 1. The minimum Gasteiger partial charge on any atom is -0.497 e. The fourth-order valence-corrected chi connectivity index (χ4v) is 5.38. The van der Waals surface area contributed by atoms with E-state index in [1.54, 1.807) is 12.1 Å². The van der Waals surface area contributed by atoms with E-state index in [2.05, 4.69) is 12.1 Å². The Morgan fingerprint density at radius 3 is 1.73 bits per heavy atom. The van der Waals surface area contributed by atoms with Gasteiger partial charge in [0.2, 0.25) is 16.3 Å². The van der Waals surface area contributed by atoms with Crippen molar-refractivity contribution < 1.29 is 18.3 Å².